The highest BCUT2D eigenvalue weighted by atomic mass is 16.6. The molecule has 0 radical (unpaired) electrons. The maximum atomic E-state index is 12.7. The SMILES string of the molecule is CC(C)(C)N.O=C(O)Cc1cccc(C=CCCOC(=O)N(c2ccccc2)c2ccccc2)c1. The van der Waals surface area contributed by atoms with Crippen molar-refractivity contribution in [1.82, 2.24) is 0 Å². The number of carboxylic acids is 1. The molecule has 0 spiro atoms. The number of nitrogens with zero attached hydrogens (tertiary/aromatic N) is 1. The number of amides is 1. The van der Waals surface area contributed by atoms with Gasteiger partial charge in [0.2, 0.25) is 0 Å². The van der Waals surface area contributed by atoms with E-state index in [2.05, 4.69) is 0 Å². The van der Waals surface area contributed by atoms with Crippen LogP contribution in [-0.2, 0) is 16.0 Å². The van der Waals surface area contributed by atoms with Gasteiger partial charge in [-0.25, -0.2) is 9.69 Å². The van der Waals surface area contributed by atoms with Crippen LogP contribution in [0.3, 0.4) is 0 Å². The Kier molecular flexibility index (Phi) is 10.7. The zero-order valence-corrected chi connectivity index (χ0v) is 20.6. The first-order valence-corrected chi connectivity index (χ1v) is 11.5. The molecule has 3 N–H and O–H groups in total. The molecule has 0 bridgehead atoms. The first-order valence-electron chi connectivity index (χ1n) is 11.5. The Morgan fingerprint density at radius 1 is 0.914 bits per heavy atom. The second-order valence-electron chi connectivity index (χ2n) is 8.99. The highest BCUT2D eigenvalue weighted by Gasteiger charge is 2.18. The Hall–Kier alpha value is -3.90. The van der Waals surface area contributed by atoms with Crippen molar-refractivity contribution in [2.45, 2.75) is 39.2 Å². The number of carbonyl (C=O) groups is 2. The fourth-order valence-electron chi connectivity index (χ4n) is 2.99. The molecule has 0 atom stereocenters. The fourth-order valence-corrected chi connectivity index (χ4v) is 2.99. The molecule has 0 aliphatic rings. The van der Waals surface area contributed by atoms with E-state index in [0.717, 1.165) is 22.5 Å². The van der Waals surface area contributed by atoms with Crippen LogP contribution in [0.15, 0.2) is 91.0 Å². The number of carbonyl (C=O) groups excluding carboxylic acids is 1. The van der Waals surface area contributed by atoms with Crippen molar-refractivity contribution in [3.05, 3.63) is 102 Å². The molecule has 0 saturated heterocycles. The molecule has 6 nitrogen and oxygen atoms in total. The van der Waals surface area contributed by atoms with Gasteiger partial charge in [-0.3, -0.25) is 4.79 Å². The molecule has 3 rings (SSSR count). The summed E-state index contributed by atoms with van der Waals surface area (Å²) in [6.45, 7) is 6.13. The Balaban J connectivity index is 0.000000784. The monoisotopic (exact) mass is 474 g/mol. The van der Waals surface area contributed by atoms with Crippen LogP contribution in [0.25, 0.3) is 6.08 Å². The molecule has 1 amide bonds. The van der Waals surface area contributed by atoms with Gasteiger partial charge in [-0.1, -0.05) is 72.8 Å². The summed E-state index contributed by atoms with van der Waals surface area (Å²) in [5.74, 6) is -0.857. The van der Waals surface area contributed by atoms with Crippen molar-refractivity contribution in [2.75, 3.05) is 11.5 Å². The van der Waals surface area contributed by atoms with Gasteiger partial charge in [0.15, 0.2) is 0 Å². The predicted octanol–water partition coefficient (Wildman–Crippen LogP) is 6.44. The average Bonchev–Trinajstić information content (AvgIpc) is 2.79. The first-order chi connectivity index (χ1) is 16.6. The summed E-state index contributed by atoms with van der Waals surface area (Å²) >= 11 is 0. The number of rotatable bonds is 8. The van der Waals surface area contributed by atoms with Gasteiger partial charge in [0.1, 0.15) is 0 Å². The molecule has 0 aliphatic heterocycles. The van der Waals surface area contributed by atoms with E-state index in [1.807, 2.05) is 112 Å². The van der Waals surface area contributed by atoms with E-state index in [9.17, 15) is 9.59 Å². The second-order valence-corrected chi connectivity index (χ2v) is 8.99. The molecule has 3 aromatic rings. The largest absolute Gasteiger partial charge is 0.481 e. The Bertz CT molecular complexity index is 1040. The van der Waals surface area contributed by atoms with Crippen LogP contribution < -0.4 is 10.6 Å². The molecule has 3 aromatic carbocycles. The number of hydrogen-bond donors (Lipinski definition) is 2. The lowest BCUT2D eigenvalue weighted by molar-refractivity contribution is -0.136. The number of hydrogen-bond acceptors (Lipinski definition) is 4. The van der Waals surface area contributed by atoms with Gasteiger partial charge in [-0.15, -0.1) is 0 Å². The predicted molar refractivity (Wildman–Crippen MR) is 142 cm³/mol. The van der Waals surface area contributed by atoms with Crippen molar-refractivity contribution < 1.29 is 19.4 Å². The van der Waals surface area contributed by atoms with E-state index in [1.54, 1.807) is 11.0 Å². The van der Waals surface area contributed by atoms with Gasteiger partial charge < -0.3 is 15.6 Å². The van der Waals surface area contributed by atoms with Crippen molar-refractivity contribution in [1.29, 1.82) is 0 Å². The van der Waals surface area contributed by atoms with Crippen LogP contribution in [-0.4, -0.2) is 29.3 Å². The van der Waals surface area contributed by atoms with E-state index in [4.69, 9.17) is 15.6 Å². The lowest BCUT2D eigenvalue weighted by atomic mass is 10.1. The van der Waals surface area contributed by atoms with E-state index >= 15 is 0 Å². The van der Waals surface area contributed by atoms with Gasteiger partial charge in [0.05, 0.1) is 24.4 Å². The van der Waals surface area contributed by atoms with Crippen molar-refractivity contribution in [2.24, 2.45) is 5.73 Å². The lowest BCUT2D eigenvalue weighted by Gasteiger charge is -2.22. The smallest absolute Gasteiger partial charge is 0.418 e. The van der Waals surface area contributed by atoms with Crippen LogP contribution in [0.5, 0.6) is 0 Å². The normalized spacial score (nSPS) is 10.9. The minimum atomic E-state index is -0.857. The number of benzene rings is 3. The molecule has 0 fully saturated rings. The van der Waals surface area contributed by atoms with Crippen LogP contribution in [0.2, 0.25) is 0 Å². The van der Waals surface area contributed by atoms with E-state index in [0.29, 0.717) is 6.42 Å². The van der Waals surface area contributed by atoms with Crippen LogP contribution in [0.4, 0.5) is 16.2 Å². The Morgan fingerprint density at radius 3 is 1.97 bits per heavy atom. The average molecular weight is 475 g/mol. The number of ether oxygens (including phenoxy) is 1. The second kappa shape index (κ2) is 13.7. The minimum Gasteiger partial charge on any atom is -0.481 e. The van der Waals surface area contributed by atoms with E-state index in [-0.39, 0.29) is 18.6 Å². The highest BCUT2D eigenvalue weighted by Crippen LogP contribution is 2.25. The molecule has 0 unspecified atom stereocenters. The summed E-state index contributed by atoms with van der Waals surface area (Å²) in [5.41, 5.74) is 8.49. The maximum absolute atomic E-state index is 12.7. The van der Waals surface area contributed by atoms with Crippen LogP contribution in [0.1, 0.15) is 38.3 Å². The van der Waals surface area contributed by atoms with Crippen LogP contribution >= 0.6 is 0 Å². The summed E-state index contributed by atoms with van der Waals surface area (Å²) in [6.07, 6.45) is 3.90. The number of aliphatic carboxylic acids is 1. The molecule has 184 valence electrons. The van der Waals surface area contributed by atoms with Gasteiger partial charge in [-0.2, -0.15) is 0 Å². The molecule has 0 aliphatic carbocycles. The Morgan fingerprint density at radius 2 is 1.46 bits per heavy atom. The first kappa shape index (κ1) is 27.3. The topological polar surface area (TPSA) is 92.9 Å². The molecule has 0 heterocycles. The van der Waals surface area contributed by atoms with Crippen LogP contribution in [0, 0.1) is 0 Å². The van der Waals surface area contributed by atoms with E-state index < -0.39 is 12.1 Å². The van der Waals surface area contributed by atoms with E-state index in [1.165, 1.54) is 0 Å². The third-order valence-electron chi connectivity index (χ3n) is 4.34. The molecular formula is C29H34N2O4. The highest BCUT2D eigenvalue weighted by molar-refractivity contribution is 5.95. The quantitative estimate of drug-likeness (QED) is 0.367. The minimum absolute atomic E-state index is 0. The summed E-state index contributed by atoms with van der Waals surface area (Å²) in [4.78, 5) is 25.1. The van der Waals surface area contributed by atoms with Crippen molar-refractivity contribution in [3.63, 3.8) is 0 Å². The zero-order valence-electron chi connectivity index (χ0n) is 20.6. The molecule has 35 heavy (non-hydrogen) atoms. The molecule has 0 saturated carbocycles. The fraction of sp³-hybridized carbons (Fsp3) is 0.241. The summed E-state index contributed by atoms with van der Waals surface area (Å²) < 4.78 is 5.49. The maximum Gasteiger partial charge on any atom is 0.418 e. The molecule has 0 aromatic heterocycles. The lowest BCUT2D eigenvalue weighted by Crippen LogP contribution is -2.27. The number of anilines is 2. The number of para-hydroxylation sites is 2. The number of carboxylic acid groups (broad SMARTS) is 1. The number of nitrogens with two attached hydrogens (primary N) is 1. The molecule has 6 heteroatoms. The van der Waals surface area contributed by atoms with Gasteiger partial charge in [0, 0.05) is 5.54 Å². The summed E-state index contributed by atoms with van der Waals surface area (Å²) in [6, 6.07) is 26.1. The summed E-state index contributed by atoms with van der Waals surface area (Å²) in [5, 5.41) is 8.89. The van der Waals surface area contributed by atoms with Gasteiger partial charge in [0.25, 0.3) is 0 Å². The Labute approximate surface area is 207 Å². The third kappa shape index (κ3) is 11.2. The summed E-state index contributed by atoms with van der Waals surface area (Å²) in [7, 11) is 0. The van der Waals surface area contributed by atoms with Gasteiger partial charge >= 0.3 is 12.1 Å². The third-order valence-corrected chi connectivity index (χ3v) is 4.34. The zero-order chi connectivity index (χ0) is 25.7. The van der Waals surface area contributed by atoms with Crippen molar-refractivity contribution in [3.8, 4) is 0 Å². The van der Waals surface area contributed by atoms with Crippen molar-refractivity contribution >= 4 is 29.5 Å². The van der Waals surface area contributed by atoms with Gasteiger partial charge in [-0.05, 0) is 62.6 Å². The molecular weight excluding hydrogens is 440 g/mol. The standard InChI is InChI=1S/C25H23NO4.C4H11N/c27-24(28)19-21-12-9-11-20(18-21)10-7-8-17-30-25(29)26(22-13-3-1-4-14-22)23-15-5-2-6-16-23;1-4(2,3)5/h1-7,9-16,18H,8,17,19H2,(H,27,28);5H2,1-3H3.